The summed E-state index contributed by atoms with van der Waals surface area (Å²) >= 11 is 0. The fraction of sp³-hybridized carbons (Fsp3) is 0.632. The molecule has 1 aromatic rings. The number of likely N-dealkylation sites (tertiary alicyclic amines) is 1. The Kier molecular flexibility index (Phi) is 7.41. The first-order valence-corrected chi connectivity index (χ1v) is 9.38. The molecule has 2 rings (SSSR count). The number of carbonyl (C=O) groups excluding carboxylic acids is 1. The Morgan fingerprint density at radius 2 is 2.19 bits per heavy atom. The number of nitro benzene ring substituents is 1. The van der Waals surface area contributed by atoms with Crippen LogP contribution in [0.4, 0.5) is 5.69 Å². The average molecular weight is 379 g/mol. The molecule has 0 radical (unpaired) electrons. The highest BCUT2D eigenvalue weighted by atomic mass is 16.6. The summed E-state index contributed by atoms with van der Waals surface area (Å²) in [4.78, 5) is 25.8. The quantitative estimate of drug-likeness (QED) is 0.551. The Morgan fingerprint density at radius 1 is 1.44 bits per heavy atom. The van der Waals surface area contributed by atoms with E-state index in [1.807, 2.05) is 0 Å². The summed E-state index contributed by atoms with van der Waals surface area (Å²) in [5.74, 6) is 0.706. The van der Waals surface area contributed by atoms with E-state index < -0.39 is 10.8 Å². The molecule has 8 heteroatoms. The highest BCUT2D eigenvalue weighted by Gasteiger charge is 2.26. The topological polar surface area (TPSA) is 93.9 Å². The molecule has 1 aliphatic heterocycles. The van der Waals surface area contributed by atoms with Gasteiger partial charge in [-0.25, -0.2) is 0 Å². The first kappa shape index (κ1) is 21.0. The molecule has 1 aliphatic rings. The minimum atomic E-state index is -0.577. The van der Waals surface area contributed by atoms with Crippen molar-refractivity contribution in [2.45, 2.75) is 39.7 Å². The van der Waals surface area contributed by atoms with Gasteiger partial charge in [0, 0.05) is 25.2 Å². The van der Waals surface area contributed by atoms with Gasteiger partial charge in [-0.3, -0.25) is 19.8 Å². The smallest absolute Gasteiger partial charge is 0.286 e. The molecule has 2 unspecified atom stereocenters. The summed E-state index contributed by atoms with van der Waals surface area (Å²) in [5.41, 5.74) is -0.324. The van der Waals surface area contributed by atoms with Crippen LogP contribution in [0.15, 0.2) is 12.1 Å². The lowest BCUT2D eigenvalue weighted by molar-refractivity contribution is -0.385. The number of nitrogens with one attached hydrogen (secondary N) is 1. The summed E-state index contributed by atoms with van der Waals surface area (Å²) in [5, 5.41) is 14.3. The molecule has 0 aliphatic carbocycles. The van der Waals surface area contributed by atoms with Crippen molar-refractivity contribution in [1.29, 1.82) is 0 Å². The number of methoxy groups -OCH3 is 1. The molecule has 0 bridgehead atoms. The second-order valence-corrected chi connectivity index (χ2v) is 7.01. The summed E-state index contributed by atoms with van der Waals surface area (Å²) in [7, 11) is 1.44. The molecule has 2 atom stereocenters. The lowest BCUT2D eigenvalue weighted by Crippen LogP contribution is -2.46. The number of hydrogen-bond acceptors (Lipinski definition) is 6. The van der Waals surface area contributed by atoms with Gasteiger partial charge in [-0.05, 0) is 39.2 Å². The van der Waals surface area contributed by atoms with Crippen molar-refractivity contribution >= 4 is 11.6 Å². The van der Waals surface area contributed by atoms with Crippen LogP contribution in [-0.2, 0) is 0 Å². The van der Waals surface area contributed by atoms with E-state index in [1.54, 1.807) is 6.92 Å². The highest BCUT2D eigenvalue weighted by molar-refractivity contribution is 5.99. The SMILES string of the molecule is CCOc1cc([N+](=O)[O-])c(C(=O)NCC(C)N2CCCC(C)C2)cc1OC. The summed E-state index contributed by atoms with van der Waals surface area (Å²) < 4.78 is 10.6. The van der Waals surface area contributed by atoms with Gasteiger partial charge in [-0.15, -0.1) is 0 Å². The Labute approximate surface area is 160 Å². The predicted octanol–water partition coefficient (Wildman–Crippen LogP) is 2.85. The van der Waals surface area contributed by atoms with Gasteiger partial charge in [0.15, 0.2) is 11.5 Å². The maximum absolute atomic E-state index is 12.6. The average Bonchev–Trinajstić information content (AvgIpc) is 2.65. The molecular formula is C19H29N3O5. The van der Waals surface area contributed by atoms with Crippen molar-refractivity contribution in [2.24, 2.45) is 5.92 Å². The van der Waals surface area contributed by atoms with Crippen LogP contribution >= 0.6 is 0 Å². The van der Waals surface area contributed by atoms with Crippen LogP contribution in [0, 0.1) is 16.0 Å². The predicted molar refractivity (Wildman–Crippen MR) is 103 cm³/mol. The fourth-order valence-corrected chi connectivity index (χ4v) is 3.40. The molecule has 1 fully saturated rings. The molecule has 1 aromatic carbocycles. The van der Waals surface area contributed by atoms with Crippen LogP contribution in [0.25, 0.3) is 0 Å². The number of piperidine rings is 1. The number of amides is 1. The van der Waals surface area contributed by atoms with E-state index in [9.17, 15) is 14.9 Å². The van der Waals surface area contributed by atoms with Crippen molar-refractivity contribution in [1.82, 2.24) is 10.2 Å². The standard InChI is InChI=1S/C19H29N3O5/c1-5-27-18-10-16(22(24)25)15(9-17(18)26-4)19(23)20-11-14(3)21-8-6-7-13(2)12-21/h9-10,13-14H,5-8,11-12H2,1-4H3,(H,20,23). The van der Waals surface area contributed by atoms with Crippen LogP contribution in [0.1, 0.15) is 44.0 Å². The third-order valence-corrected chi connectivity index (χ3v) is 4.89. The zero-order chi connectivity index (χ0) is 20.0. The fourth-order valence-electron chi connectivity index (χ4n) is 3.40. The molecule has 150 valence electrons. The minimum absolute atomic E-state index is 0.0282. The molecule has 27 heavy (non-hydrogen) atoms. The second kappa shape index (κ2) is 9.55. The minimum Gasteiger partial charge on any atom is -0.493 e. The molecule has 0 spiro atoms. The first-order valence-electron chi connectivity index (χ1n) is 9.38. The monoisotopic (exact) mass is 379 g/mol. The van der Waals surface area contributed by atoms with Gasteiger partial charge in [0.1, 0.15) is 5.56 Å². The van der Waals surface area contributed by atoms with E-state index in [0.29, 0.717) is 24.8 Å². The number of benzene rings is 1. The second-order valence-electron chi connectivity index (χ2n) is 7.01. The zero-order valence-electron chi connectivity index (χ0n) is 16.5. The summed E-state index contributed by atoms with van der Waals surface area (Å²) in [6, 6.07) is 2.78. The Hall–Kier alpha value is -2.35. The highest BCUT2D eigenvalue weighted by Crippen LogP contribution is 2.34. The lowest BCUT2D eigenvalue weighted by atomic mass is 9.99. The molecule has 0 saturated carbocycles. The van der Waals surface area contributed by atoms with Crippen molar-refractivity contribution in [3.63, 3.8) is 0 Å². The van der Waals surface area contributed by atoms with Gasteiger partial charge >= 0.3 is 0 Å². The molecule has 1 heterocycles. The number of nitro groups is 1. The third-order valence-electron chi connectivity index (χ3n) is 4.89. The van der Waals surface area contributed by atoms with E-state index in [4.69, 9.17) is 9.47 Å². The number of carbonyl (C=O) groups is 1. The van der Waals surface area contributed by atoms with Crippen molar-refractivity contribution < 1.29 is 19.2 Å². The molecule has 1 N–H and O–H groups in total. The van der Waals surface area contributed by atoms with Gasteiger partial charge in [-0.2, -0.15) is 0 Å². The van der Waals surface area contributed by atoms with E-state index in [0.717, 1.165) is 19.5 Å². The number of ether oxygens (including phenoxy) is 2. The van der Waals surface area contributed by atoms with Crippen LogP contribution in [0.5, 0.6) is 11.5 Å². The van der Waals surface area contributed by atoms with Gasteiger partial charge in [0.25, 0.3) is 11.6 Å². The van der Waals surface area contributed by atoms with E-state index in [-0.39, 0.29) is 23.0 Å². The van der Waals surface area contributed by atoms with Gasteiger partial charge in [-0.1, -0.05) is 6.92 Å². The number of hydrogen-bond donors (Lipinski definition) is 1. The van der Waals surface area contributed by atoms with E-state index >= 15 is 0 Å². The molecule has 0 aromatic heterocycles. The van der Waals surface area contributed by atoms with Crippen molar-refractivity contribution in [3.05, 3.63) is 27.8 Å². The normalized spacial score (nSPS) is 18.6. The van der Waals surface area contributed by atoms with Gasteiger partial charge in [0.2, 0.25) is 0 Å². The number of rotatable bonds is 8. The maximum Gasteiger partial charge on any atom is 0.286 e. The van der Waals surface area contributed by atoms with Crippen molar-refractivity contribution in [2.75, 3.05) is 33.4 Å². The number of nitrogens with zero attached hydrogens (tertiary/aromatic N) is 2. The lowest BCUT2D eigenvalue weighted by Gasteiger charge is -2.35. The Balaban J connectivity index is 2.13. The van der Waals surface area contributed by atoms with Crippen LogP contribution < -0.4 is 14.8 Å². The maximum atomic E-state index is 12.6. The third kappa shape index (κ3) is 5.32. The molecular weight excluding hydrogens is 350 g/mol. The largest absolute Gasteiger partial charge is 0.493 e. The van der Waals surface area contributed by atoms with E-state index in [2.05, 4.69) is 24.1 Å². The van der Waals surface area contributed by atoms with Crippen LogP contribution in [0.3, 0.4) is 0 Å². The first-order chi connectivity index (χ1) is 12.9. The van der Waals surface area contributed by atoms with Crippen LogP contribution in [-0.4, -0.2) is 55.1 Å². The molecule has 8 nitrogen and oxygen atoms in total. The Bertz CT molecular complexity index is 680. The van der Waals surface area contributed by atoms with Gasteiger partial charge in [0.05, 0.1) is 24.7 Å². The Morgan fingerprint density at radius 3 is 2.78 bits per heavy atom. The van der Waals surface area contributed by atoms with E-state index in [1.165, 1.54) is 25.7 Å². The molecule has 1 amide bonds. The zero-order valence-corrected chi connectivity index (χ0v) is 16.5. The molecule has 1 saturated heterocycles. The summed E-state index contributed by atoms with van der Waals surface area (Å²) in [6.45, 7) is 8.85. The summed E-state index contributed by atoms with van der Waals surface area (Å²) in [6.07, 6.45) is 2.38. The van der Waals surface area contributed by atoms with Crippen LogP contribution in [0.2, 0.25) is 0 Å². The van der Waals surface area contributed by atoms with Gasteiger partial charge < -0.3 is 14.8 Å². The van der Waals surface area contributed by atoms with Crippen molar-refractivity contribution in [3.8, 4) is 11.5 Å².